The Bertz CT molecular complexity index is 1330. The summed E-state index contributed by atoms with van der Waals surface area (Å²) < 4.78 is 7.57. The number of carbonyl (C=O) groups excluding carboxylic acids is 4. The zero-order chi connectivity index (χ0) is 23.5. The third-order valence-electron chi connectivity index (χ3n) is 5.22. The maximum absolute atomic E-state index is 13.0. The molecule has 3 aromatic rings. The van der Waals surface area contributed by atoms with Crippen molar-refractivity contribution in [3.8, 4) is 0 Å². The fourth-order valence-corrected chi connectivity index (χ4v) is 5.05. The minimum atomic E-state index is -0.478. The van der Waals surface area contributed by atoms with Crippen molar-refractivity contribution in [3.05, 3.63) is 58.4 Å². The number of imide groups is 1. The third kappa shape index (κ3) is 4.62. The molecule has 1 aromatic heterocycles. The smallest absolute Gasteiger partial charge is 0.337 e. The van der Waals surface area contributed by atoms with E-state index in [-0.39, 0.29) is 30.2 Å². The van der Waals surface area contributed by atoms with Crippen molar-refractivity contribution in [2.75, 3.05) is 24.0 Å². The maximum Gasteiger partial charge on any atom is 0.337 e. The summed E-state index contributed by atoms with van der Waals surface area (Å²) in [6.45, 7) is 0.641. The van der Waals surface area contributed by atoms with Gasteiger partial charge >= 0.3 is 5.97 Å². The number of methoxy groups -OCH3 is 1. The second kappa shape index (κ2) is 9.72. The highest BCUT2D eigenvalue weighted by molar-refractivity contribution is 7.98. The van der Waals surface area contributed by atoms with Gasteiger partial charge in [-0.1, -0.05) is 17.4 Å². The van der Waals surface area contributed by atoms with Gasteiger partial charge in [-0.2, -0.15) is 16.8 Å². The van der Waals surface area contributed by atoms with Crippen LogP contribution in [-0.2, 0) is 20.9 Å². The number of benzene rings is 2. The van der Waals surface area contributed by atoms with Gasteiger partial charge in [0.1, 0.15) is 0 Å². The average molecular weight is 484 g/mol. The van der Waals surface area contributed by atoms with Gasteiger partial charge in [0.15, 0.2) is 4.80 Å². The van der Waals surface area contributed by atoms with E-state index in [0.717, 1.165) is 20.9 Å². The van der Waals surface area contributed by atoms with Gasteiger partial charge in [0, 0.05) is 30.7 Å². The number of thiazole rings is 1. The lowest BCUT2D eigenvalue weighted by Gasteiger charge is -2.14. The first-order valence-electron chi connectivity index (χ1n) is 10.2. The third-order valence-corrected chi connectivity index (χ3v) is 6.85. The molecule has 2 heterocycles. The predicted molar refractivity (Wildman–Crippen MR) is 128 cm³/mol. The highest BCUT2D eigenvalue weighted by Gasteiger charge is 2.30. The number of amides is 3. The normalized spacial score (nSPS) is 14.4. The molecule has 0 N–H and O–H groups in total. The molecule has 170 valence electrons. The Kier molecular flexibility index (Phi) is 6.75. The van der Waals surface area contributed by atoms with E-state index >= 15 is 0 Å². The number of anilines is 1. The van der Waals surface area contributed by atoms with Crippen LogP contribution >= 0.6 is 23.1 Å². The Labute approximate surface area is 197 Å². The number of rotatable bonds is 6. The molecule has 0 bridgehead atoms. The molecule has 8 nitrogen and oxygen atoms in total. The number of nitrogens with zero attached hydrogens (tertiary/aromatic N) is 3. The van der Waals surface area contributed by atoms with Gasteiger partial charge in [0.05, 0.1) is 28.6 Å². The molecule has 0 saturated carbocycles. The monoisotopic (exact) mass is 483 g/mol. The maximum atomic E-state index is 13.0. The van der Waals surface area contributed by atoms with E-state index < -0.39 is 11.9 Å². The van der Waals surface area contributed by atoms with E-state index in [9.17, 15) is 19.2 Å². The van der Waals surface area contributed by atoms with Crippen LogP contribution in [0.4, 0.5) is 5.69 Å². The van der Waals surface area contributed by atoms with Crippen LogP contribution in [-0.4, -0.2) is 47.4 Å². The van der Waals surface area contributed by atoms with Crippen molar-refractivity contribution in [3.63, 3.8) is 0 Å². The lowest BCUT2D eigenvalue weighted by molar-refractivity contribution is -0.121. The summed E-state index contributed by atoms with van der Waals surface area (Å²) in [5, 5.41) is 0. The summed E-state index contributed by atoms with van der Waals surface area (Å²) in [4.78, 5) is 55.0. The highest BCUT2D eigenvalue weighted by atomic mass is 32.2. The minimum absolute atomic E-state index is 0.173. The summed E-state index contributed by atoms with van der Waals surface area (Å²) >= 11 is 2.98. The van der Waals surface area contributed by atoms with Gasteiger partial charge in [-0.3, -0.25) is 19.3 Å². The van der Waals surface area contributed by atoms with E-state index in [1.54, 1.807) is 42.1 Å². The lowest BCUT2D eigenvalue weighted by atomic mass is 10.2. The zero-order valence-electron chi connectivity index (χ0n) is 18.1. The van der Waals surface area contributed by atoms with Crippen molar-refractivity contribution < 1.29 is 23.9 Å². The summed E-state index contributed by atoms with van der Waals surface area (Å²) in [6.07, 6.45) is 2.34. The number of hydrogen-bond acceptors (Lipinski definition) is 7. The first-order chi connectivity index (χ1) is 15.9. The molecule has 1 aliphatic heterocycles. The zero-order valence-corrected chi connectivity index (χ0v) is 19.7. The minimum Gasteiger partial charge on any atom is -0.465 e. The Hall–Kier alpha value is -3.24. The van der Waals surface area contributed by atoms with Gasteiger partial charge in [-0.05, 0) is 42.7 Å². The van der Waals surface area contributed by atoms with Crippen LogP contribution in [0.3, 0.4) is 0 Å². The van der Waals surface area contributed by atoms with E-state index in [4.69, 9.17) is 4.74 Å². The Morgan fingerprint density at radius 3 is 2.55 bits per heavy atom. The van der Waals surface area contributed by atoms with Crippen molar-refractivity contribution in [1.29, 1.82) is 0 Å². The number of carbonyl (C=O) groups is 4. The van der Waals surface area contributed by atoms with Crippen LogP contribution in [0.25, 0.3) is 10.2 Å². The lowest BCUT2D eigenvalue weighted by Crippen LogP contribution is -2.28. The molecule has 2 aromatic carbocycles. The van der Waals surface area contributed by atoms with Gasteiger partial charge in [-0.25, -0.2) is 4.79 Å². The number of thioether (sulfide) groups is 1. The van der Waals surface area contributed by atoms with Crippen LogP contribution < -0.4 is 9.70 Å². The number of fused-ring (bicyclic) bond motifs is 1. The molecule has 1 fully saturated rings. The molecule has 10 heteroatoms. The Morgan fingerprint density at radius 1 is 1.09 bits per heavy atom. The van der Waals surface area contributed by atoms with Crippen molar-refractivity contribution >= 4 is 62.7 Å². The summed E-state index contributed by atoms with van der Waals surface area (Å²) in [5.41, 5.74) is 1.95. The van der Waals surface area contributed by atoms with E-state index in [0.29, 0.717) is 22.6 Å². The highest BCUT2D eigenvalue weighted by Crippen LogP contribution is 2.24. The van der Waals surface area contributed by atoms with Gasteiger partial charge < -0.3 is 9.30 Å². The largest absolute Gasteiger partial charge is 0.465 e. The predicted octanol–water partition coefficient (Wildman–Crippen LogP) is 3.25. The second-order valence-corrected chi connectivity index (χ2v) is 9.29. The molecule has 0 spiro atoms. The Balaban J connectivity index is 1.75. The first-order valence-corrected chi connectivity index (χ1v) is 12.4. The van der Waals surface area contributed by atoms with Crippen LogP contribution in [0.15, 0.2) is 47.5 Å². The first kappa shape index (κ1) is 22.9. The quantitative estimate of drug-likeness (QED) is 0.394. The van der Waals surface area contributed by atoms with Crippen molar-refractivity contribution in [1.82, 2.24) is 4.57 Å². The standard InChI is InChI=1S/C23H21N3O5S2/c1-31-22(30)15-6-7-17-18(13-15)33-23(25(17)10-11-32-2)24-21(29)14-4-3-5-16(12-14)26-19(27)8-9-20(26)28/h3-7,12-13H,8-11H2,1-2H3. The summed E-state index contributed by atoms with van der Waals surface area (Å²) in [7, 11) is 1.33. The fraction of sp³-hybridized carbons (Fsp3) is 0.261. The second-order valence-electron chi connectivity index (χ2n) is 7.29. The van der Waals surface area contributed by atoms with Gasteiger partial charge in [-0.15, -0.1) is 0 Å². The molecule has 4 rings (SSSR count). The molecular weight excluding hydrogens is 462 g/mol. The molecule has 0 aliphatic carbocycles. The van der Waals surface area contributed by atoms with Crippen LogP contribution in [0, 0.1) is 0 Å². The number of aryl methyl sites for hydroxylation is 1. The van der Waals surface area contributed by atoms with Crippen LogP contribution in [0.5, 0.6) is 0 Å². The van der Waals surface area contributed by atoms with Crippen molar-refractivity contribution in [2.24, 2.45) is 4.99 Å². The molecule has 1 saturated heterocycles. The van der Waals surface area contributed by atoms with Gasteiger partial charge in [0.2, 0.25) is 11.8 Å². The van der Waals surface area contributed by atoms with E-state index in [2.05, 4.69) is 4.99 Å². The number of hydrogen-bond donors (Lipinski definition) is 0. The van der Waals surface area contributed by atoms with Crippen molar-refractivity contribution in [2.45, 2.75) is 19.4 Å². The number of ether oxygens (including phenoxy) is 1. The Morgan fingerprint density at radius 2 is 1.85 bits per heavy atom. The van der Waals surface area contributed by atoms with Gasteiger partial charge in [0.25, 0.3) is 5.91 Å². The molecule has 0 radical (unpaired) electrons. The number of aromatic nitrogens is 1. The summed E-state index contributed by atoms with van der Waals surface area (Å²) in [5.74, 6) is -0.641. The van der Waals surface area contributed by atoms with E-state index in [1.807, 2.05) is 16.9 Å². The topological polar surface area (TPSA) is 98.0 Å². The summed E-state index contributed by atoms with van der Waals surface area (Å²) in [6, 6.07) is 11.6. The average Bonchev–Trinajstić information content (AvgIpc) is 3.34. The SMILES string of the molecule is COC(=O)c1ccc2c(c1)sc(=NC(=O)c1cccc(N3C(=O)CCC3=O)c1)n2CCSC. The van der Waals surface area contributed by atoms with Crippen LogP contribution in [0.2, 0.25) is 0 Å². The molecular formula is C23H21N3O5S2. The molecule has 0 atom stereocenters. The molecule has 0 unspecified atom stereocenters. The molecule has 1 aliphatic rings. The number of esters is 1. The van der Waals surface area contributed by atoms with E-state index in [1.165, 1.54) is 24.5 Å². The fourth-order valence-electron chi connectivity index (χ4n) is 3.60. The molecule has 33 heavy (non-hydrogen) atoms. The molecule has 3 amide bonds. The van der Waals surface area contributed by atoms with Crippen LogP contribution in [0.1, 0.15) is 33.6 Å².